The van der Waals surface area contributed by atoms with Crippen LogP contribution in [-0.4, -0.2) is 25.8 Å². The van der Waals surface area contributed by atoms with Crippen LogP contribution in [0.5, 0.6) is 0 Å². The van der Waals surface area contributed by atoms with Crippen molar-refractivity contribution < 1.29 is 4.79 Å². The van der Waals surface area contributed by atoms with E-state index >= 15 is 0 Å². The molecule has 0 radical (unpaired) electrons. The van der Waals surface area contributed by atoms with E-state index < -0.39 is 5.91 Å². The molecule has 3 aromatic heterocycles. The normalized spacial score (nSPS) is 10.6. The fourth-order valence-corrected chi connectivity index (χ4v) is 3.42. The Kier molecular flexibility index (Phi) is 4.68. The highest BCUT2D eigenvalue weighted by Crippen LogP contribution is 2.31. The van der Waals surface area contributed by atoms with E-state index in [-0.39, 0.29) is 17.2 Å². The number of aryl methyl sites for hydroxylation is 1. The molecule has 4 rings (SSSR count). The molecule has 140 valence electrons. The summed E-state index contributed by atoms with van der Waals surface area (Å²) in [4.78, 5) is 28.8. The van der Waals surface area contributed by atoms with Gasteiger partial charge < -0.3 is 11.1 Å². The maximum Gasteiger partial charge on any atom is 0.288 e. The van der Waals surface area contributed by atoms with Crippen molar-refractivity contribution in [2.24, 2.45) is 0 Å². The lowest BCUT2D eigenvalue weighted by Crippen LogP contribution is -2.31. The Bertz CT molecular complexity index is 1150. The number of carbonyl (C=O) groups excluding carboxylic acids is 1. The lowest BCUT2D eigenvalue weighted by Gasteiger charge is -2.11. The summed E-state index contributed by atoms with van der Waals surface area (Å²) in [7, 11) is 0. The standard InChI is InChI=1S/C18H16N8OS/c1-10-5-6-11-13(8-10)28-18(23-11)24-15-14(19)16(22-9-21-15)25-26-17(27)12-4-2-3-7-20-12/h2-9H,19H2,1H3,(H,26,27)(H2,21,22,23,24,25). The van der Waals surface area contributed by atoms with Gasteiger partial charge in [-0.15, -0.1) is 0 Å². The van der Waals surface area contributed by atoms with Crippen molar-refractivity contribution in [1.82, 2.24) is 25.4 Å². The molecule has 0 atom stereocenters. The van der Waals surface area contributed by atoms with Gasteiger partial charge in [-0.1, -0.05) is 23.5 Å². The maximum atomic E-state index is 12.1. The summed E-state index contributed by atoms with van der Waals surface area (Å²) in [6.45, 7) is 2.03. The monoisotopic (exact) mass is 392 g/mol. The number of benzene rings is 1. The van der Waals surface area contributed by atoms with Crippen molar-refractivity contribution in [3.8, 4) is 0 Å². The van der Waals surface area contributed by atoms with E-state index in [1.807, 2.05) is 19.1 Å². The number of nitrogen functional groups attached to an aromatic ring is 1. The van der Waals surface area contributed by atoms with Gasteiger partial charge in [0.2, 0.25) is 0 Å². The smallest absolute Gasteiger partial charge is 0.288 e. The number of nitrogens with zero attached hydrogens (tertiary/aromatic N) is 4. The van der Waals surface area contributed by atoms with E-state index in [1.165, 1.54) is 29.4 Å². The molecule has 4 aromatic rings. The number of nitrogens with one attached hydrogen (secondary N) is 3. The van der Waals surface area contributed by atoms with Crippen LogP contribution in [0.4, 0.5) is 22.5 Å². The van der Waals surface area contributed by atoms with Gasteiger partial charge in [0.25, 0.3) is 5.91 Å². The van der Waals surface area contributed by atoms with Crippen LogP contribution >= 0.6 is 11.3 Å². The minimum Gasteiger partial charge on any atom is -0.393 e. The number of hydrazine groups is 1. The Morgan fingerprint density at radius 3 is 2.79 bits per heavy atom. The number of pyridine rings is 1. The average Bonchev–Trinajstić information content (AvgIpc) is 3.10. The van der Waals surface area contributed by atoms with Crippen LogP contribution < -0.4 is 21.9 Å². The Morgan fingerprint density at radius 2 is 1.96 bits per heavy atom. The predicted octanol–water partition coefficient (Wildman–Crippen LogP) is 2.87. The molecule has 0 bridgehead atoms. The van der Waals surface area contributed by atoms with Crippen molar-refractivity contribution in [2.45, 2.75) is 6.92 Å². The minimum atomic E-state index is -0.408. The van der Waals surface area contributed by atoms with Crippen molar-refractivity contribution in [1.29, 1.82) is 0 Å². The fraction of sp³-hybridized carbons (Fsp3) is 0.0556. The van der Waals surface area contributed by atoms with E-state index in [4.69, 9.17) is 5.73 Å². The number of fused-ring (bicyclic) bond motifs is 1. The predicted molar refractivity (Wildman–Crippen MR) is 109 cm³/mol. The molecule has 0 fully saturated rings. The SMILES string of the molecule is Cc1ccc2nc(Nc3ncnc(NNC(=O)c4ccccn4)c3N)sc2c1. The number of hydrogen-bond acceptors (Lipinski definition) is 9. The molecule has 0 saturated heterocycles. The van der Waals surface area contributed by atoms with Crippen LogP contribution in [0.1, 0.15) is 16.1 Å². The maximum absolute atomic E-state index is 12.1. The second-order valence-corrected chi connectivity index (χ2v) is 6.92. The minimum absolute atomic E-state index is 0.249. The van der Waals surface area contributed by atoms with Gasteiger partial charge in [-0.25, -0.2) is 15.0 Å². The van der Waals surface area contributed by atoms with Crippen LogP contribution in [0.25, 0.3) is 10.2 Å². The van der Waals surface area contributed by atoms with E-state index in [0.717, 1.165) is 10.2 Å². The van der Waals surface area contributed by atoms with Crippen LogP contribution in [0.2, 0.25) is 0 Å². The molecule has 0 saturated carbocycles. The summed E-state index contributed by atoms with van der Waals surface area (Å²) in [5.41, 5.74) is 13.9. The zero-order valence-corrected chi connectivity index (χ0v) is 15.6. The zero-order valence-electron chi connectivity index (χ0n) is 14.8. The van der Waals surface area contributed by atoms with Crippen molar-refractivity contribution in [2.75, 3.05) is 16.5 Å². The second-order valence-electron chi connectivity index (χ2n) is 5.89. The average molecular weight is 392 g/mol. The summed E-state index contributed by atoms with van der Waals surface area (Å²) < 4.78 is 1.07. The summed E-state index contributed by atoms with van der Waals surface area (Å²) in [5, 5.41) is 3.77. The highest BCUT2D eigenvalue weighted by atomic mass is 32.1. The van der Waals surface area contributed by atoms with Gasteiger partial charge in [-0.05, 0) is 36.8 Å². The highest BCUT2D eigenvalue weighted by Gasteiger charge is 2.12. The quantitative estimate of drug-likeness (QED) is 0.381. The zero-order chi connectivity index (χ0) is 19.5. The first-order valence-electron chi connectivity index (χ1n) is 8.32. The first-order chi connectivity index (χ1) is 13.6. The summed E-state index contributed by atoms with van der Waals surface area (Å²) in [6.07, 6.45) is 2.88. The first kappa shape index (κ1) is 17.6. The fourth-order valence-electron chi connectivity index (χ4n) is 2.46. The Hall–Kier alpha value is -3.79. The largest absolute Gasteiger partial charge is 0.393 e. The molecule has 0 aliphatic rings. The third kappa shape index (κ3) is 3.67. The number of anilines is 4. The van der Waals surface area contributed by atoms with Gasteiger partial charge in [0, 0.05) is 6.20 Å². The van der Waals surface area contributed by atoms with Gasteiger partial charge in [0.1, 0.15) is 17.7 Å². The number of hydrogen-bond donors (Lipinski definition) is 4. The first-order valence-corrected chi connectivity index (χ1v) is 9.14. The van der Waals surface area contributed by atoms with Crippen LogP contribution in [-0.2, 0) is 0 Å². The Labute approximate surface area is 164 Å². The molecular formula is C18H16N8OS. The molecule has 0 spiro atoms. The van der Waals surface area contributed by atoms with Gasteiger partial charge in [-0.2, -0.15) is 0 Å². The van der Waals surface area contributed by atoms with E-state index in [9.17, 15) is 4.79 Å². The molecular weight excluding hydrogens is 376 g/mol. The summed E-state index contributed by atoms with van der Waals surface area (Å²) in [6, 6.07) is 11.1. The molecule has 3 heterocycles. The van der Waals surface area contributed by atoms with Gasteiger partial charge in [0.15, 0.2) is 16.8 Å². The van der Waals surface area contributed by atoms with Gasteiger partial charge in [-0.3, -0.25) is 20.6 Å². The molecule has 0 aliphatic heterocycles. The number of nitrogens with two attached hydrogens (primary N) is 1. The number of rotatable bonds is 5. The molecule has 5 N–H and O–H groups in total. The lowest BCUT2D eigenvalue weighted by molar-refractivity contribution is 0.0957. The highest BCUT2D eigenvalue weighted by molar-refractivity contribution is 7.22. The second kappa shape index (κ2) is 7.45. The van der Waals surface area contributed by atoms with E-state index in [0.29, 0.717) is 10.9 Å². The number of amides is 1. The van der Waals surface area contributed by atoms with Crippen molar-refractivity contribution >= 4 is 49.9 Å². The van der Waals surface area contributed by atoms with Crippen molar-refractivity contribution in [3.05, 3.63) is 60.2 Å². The number of carbonyl (C=O) groups is 1. The summed E-state index contributed by atoms with van der Waals surface area (Å²) >= 11 is 1.50. The summed E-state index contributed by atoms with van der Waals surface area (Å²) in [5.74, 6) is 0.244. The van der Waals surface area contributed by atoms with E-state index in [1.54, 1.807) is 18.2 Å². The lowest BCUT2D eigenvalue weighted by atomic mass is 10.2. The van der Waals surface area contributed by atoms with Crippen LogP contribution in [0, 0.1) is 6.92 Å². The molecule has 1 aromatic carbocycles. The Balaban J connectivity index is 1.50. The van der Waals surface area contributed by atoms with Gasteiger partial charge in [0.05, 0.1) is 10.2 Å². The Morgan fingerprint density at radius 1 is 1.11 bits per heavy atom. The van der Waals surface area contributed by atoms with Crippen LogP contribution in [0.15, 0.2) is 48.9 Å². The van der Waals surface area contributed by atoms with E-state index in [2.05, 4.69) is 42.2 Å². The van der Waals surface area contributed by atoms with Gasteiger partial charge >= 0.3 is 0 Å². The topological polar surface area (TPSA) is 131 Å². The molecule has 28 heavy (non-hydrogen) atoms. The molecule has 1 amide bonds. The molecule has 10 heteroatoms. The third-order valence-corrected chi connectivity index (χ3v) is 4.78. The molecule has 9 nitrogen and oxygen atoms in total. The van der Waals surface area contributed by atoms with Crippen LogP contribution in [0.3, 0.4) is 0 Å². The number of thiazole rings is 1. The number of aromatic nitrogens is 4. The van der Waals surface area contributed by atoms with Crippen molar-refractivity contribution in [3.63, 3.8) is 0 Å². The molecule has 0 aliphatic carbocycles. The third-order valence-electron chi connectivity index (χ3n) is 3.85. The molecule has 0 unspecified atom stereocenters.